The van der Waals surface area contributed by atoms with Gasteiger partial charge in [0.1, 0.15) is 19.3 Å². The number of benzene rings is 3. The lowest BCUT2D eigenvalue weighted by atomic mass is 10.1. The van der Waals surface area contributed by atoms with E-state index in [4.69, 9.17) is 9.47 Å². The van der Waals surface area contributed by atoms with E-state index in [2.05, 4.69) is 10.6 Å². The average Bonchev–Trinajstić information content (AvgIpc) is 3.65. The summed E-state index contributed by atoms with van der Waals surface area (Å²) in [6.07, 6.45) is 0.545. The second-order valence-corrected chi connectivity index (χ2v) is 9.58. The first-order valence-electron chi connectivity index (χ1n) is 13.3. The lowest BCUT2D eigenvalue weighted by Crippen LogP contribution is -2.44. The number of amides is 3. The van der Waals surface area contributed by atoms with Gasteiger partial charge in [0.05, 0.1) is 12.1 Å². The zero-order valence-corrected chi connectivity index (χ0v) is 22.1. The van der Waals surface area contributed by atoms with Gasteiger partial charge in [0, 0.05) is 6.54 Å². The van der Waals surface area contributed by atoms with Crippen LogP contribution in [-0.4, -0.2) is 41.6 Å². The van der Waals surface area contributed by atoms with Crippen LogP contribution in [0.4, 0.5) is 9.59 Å². The highest BCUT2D eigenvalue weighted by Gasteiger charge is 2.50. The van der Waals surface area contributed by atoms with Crippen LogP contribution >= 0.6 is 0 Å². The van der Waals surface area contributed by atoms with E-state index in [0.717, 1.165) is 16.7 Å². The van der Waals surface area contributed by atoms with Crippen molar-refractivity contribution in [2.45, 2.75) is 57.5 Å². The Morgan fingerprint density at radius 3 is 1.90 bits per heavy atom. The second-order valence-electron chi connectivity index (χ2n) is 9.58. The van der Waals surface area contributed by atoms with Gasteiger partial charge in [0.2, 0.25) is 5.91 Å². The number of nitrogens with zero attached hydrogens (tertiary/aromatic N) is 1. The molecule has 3 amide bonds. The Hall–Kier alpha value is -4.33. The number of unbranched alkanes of at least 4 members (excludes halogenated alkanes) is 1. The minimum Gasteiger partial charge on any atom is -0.445 e. The van der Waals surface area contributed by atoms with Gasteiger partial charge in [-0.3, -0.25) is 4.79 Å². The van der Waals surface area contributed by atoms with Gasteiger partial charge in [-0.2, -0.15) is 0 Å². The van der Waals surface area contributed by atoms with E-state index in [1.807, 2.05) is 97.9 Å². The van der Waals surface area contributed by atoms with Crippen molar-refractivity contribution < 1.29 is 23.9 Å². The molecule has 0 saturated carbocycles. The molecule has 1 aliphatic rings. The molecule has 3 aromatic carbocycles. The standard InChI is InChI=1S/C31H35N3O5/c1-23-28(26-17-9-4-10-18-26)34(23)29(35)27(33-31(37)39-22-25-15-7-3-8-16-25)19-11-12-20-32-30(36)38-21-24-13-5-2-6-14-24/h2-10,13-18,23,27-28H,11-12,19-22H2,1H3,(H,32,36)(H,33,37)/t23-,27-,28-,34?/m0/s1. The molecule has 3 aromatic rings. The SMILES string of the molecule is C[C@H]1[C@@H](c2ccccc2)N1C(=O)[C@H](CCCCNC(=O)OCc1ccccc1)NC(=O)OCc1ccccc1. The van der Waals surface area contributed by atoms with Crippen LogP contribution in [0.5, 0.6) is 0 Å². The van der Waals surface area contributed by atoms with Crippen LogP contribution in [0.2, 0.25) is 0 Å². The van der Waals surface area contributed by atoms with Crippen LogP contribution in [-0.2, 0) is 27.5 Å². The Morgan fingerprint density at radius 1 is 0.769 bits per heavy atom. The molecule has 0 aliphatic carbocycles. The third-order valence-corrected chi connectivity index (χ3v) is 6.71. The first kappa shape index (κ1) is 27.7. The molecule has 204 valence electrons. The number of hydrogen-bond donors (Lipinski definition) is 2. The molecule has 0 unspecified atom stereocenters. The Balaban J connectivity index is 1.26. The summed E-state index contributed by atoms with van der Waals surface area (Å²) in [6, 6.07) is 28.0. The first-order chi connectivity index (χ1) is 19.0. The molecule has 0 bridgehead atoms. The van der Waals surface area contributed by atoms with E-state index < -0.39 is 18.2 Å². The summed E-state index contributed by atoms with van der Waals surface area (Å²) in [6.45, 7) is 2.73. The summed E-state index contributed by atoms with van der Waals surface area (Å²) >= 11 is 0. The summed E-state index contributed by atoms with van der Waals surface area (Å²) < 4.78 is 10.6. The molecule has 4 rings (SSSR count). The molecule has 8 nitrogen and oxygen atoms in total. The quantitative estimate of drug-likeness (QED) is 0.244. The van der Waals surface area contributed by atoms with Crippen molar-refractivity contribution in [3.05, 3.63) is 108 Å². The highest BCUT2D eigenvalue weighted by molar-refractivity contribution is 5.88. The number of hydrogen-bond acceptors (Lipinski definition) is 5. The third-order valence-electron chi connectivity index (χ3n) is 6.71. The lowest BCUT2D eigenvalue weighted by molar-refractivity contribution is -0.129. The number of carbonyl (C=O) groups excluding carboxylic acids is 3. The van der Waals surface area contributed by atoms with Gasteiger partial charge in [-0.05, 0) is 42.9 Å². The van der Waals surface area contributed by atoms with Crippen LogP contribution in [0.3, 0.4) is 0 Å². The molecule has 8 heteroatoms. The molecule has 3 atom stereocenters. The Morgan fingerprint density at radius 2 is 1.31 bits per heavy atom. The third kappa shape index (κ3) is 8.33. The van der Waals surface area contributed by atoms with E-state index in [1.54, 1.807) is 4.90 Å². The molecule has 0 spiro atoms. The summed E-state index contributed by atoms with van der Waals surface area (Å²) in [4.78, 5) is 39.9. The van der Waals surface area contributed by atoms with Gasteiger partial charge >= 0.3 is 12.2 Å². The first-order valence-corrected chi connectivity index (χ1v) is 13.3. The highest BCUT2D eigenvalue weighted by Crippen LogP contribution is 2.43. The number of rotatable bonds is 12. The number of nitrogens with one attached hydrogen (secondary N) is 2. The molecule has 0 aromatic heterocycles. The molecule has 0 radical (unpaired) electrons. The van der Waals surface area contributed by atoms with Crippen LogP contribution in [0.15, 0.2) is 91.0 Å². The Kier molecular flexibility index (Phi) is 9.94. The van der Waals surface area contributed by atoms with Gasteiger partial charge in [0.15, 0.2) is 0 Å². The fourth-order valence-electron chi connectivity index (χ4n) is 4.56. The predicted molar refractivity (Wildman–Crippen MR) is 148 cm³/mol. The van der Waals surface area contributed by atoms with Crippen molar-refractivity contribution in [1.82, 2.24) is 15.5 Å². The molecule has 1 aliphatic heterocycles. The Bertz CT molecular complexity index is 1210. The zero-order valence-electron chi connectivity index (χ0n) is 22.1. The summed E-state index contributed by atoms with van der Waals surface area (Å²) in [5.74, 6) is -0.136. The average molecular weight is 530 g/mol. The number of ether oxygens (including phenoxy) is 2. The molecule has 1 fully saturated rings. The van der Waals surface area contributed by atoms with Gasteiger partial charge < -0.3 is 25.0 Å². The van der Waals surface area contributed by atoms with Crippen LogP contribution in [0.25, 0.3) is 0 Å². The van der Waals surface area contributed by atoms with Crippen molar-refractivity contribution >= 4 is 18.1 Å². The summed E-state index contributed by atoms with van der Waals surface area (Å²) in [5.41, 5.74) is 2.85. The van der Waals surface area contributed by atoms with Gasteiger partial charge in [0.25, 0.3) is 0 Å². The minimum atomic E-state index is -0.727. The van der Waals surface area contributed by atoms with Gasteiger partial charge in [-0.25, -0.2) is 9.59 Å². The van der Waals surface area contributed by atoms with E-state index >= 15 is 0 Å². The lowest BCUT2D eigenvalue weighted by Gasteiger charge is -2.19. The topological polar surface area (TPSA) is 96.7 Å². The van der Waals surface area contributed by atoms with Crippen molar-refractivity contribution in [2.75, 3.05) is 6.54 Å². The van der Waals surface area contributed by atoms with Gasteiger partial charge in [-0.1, -0.05) is 91.0 Å². The minimum absolute atomic E-state index is 0.00982. The van der Waals surface area contributed by atoms with Crippen molar-refractivity contribution in [3.63, 3.8) is 0 Å². The zero-order chi connectivity index (χ0) is 27.5. The monoisotopic (exact) mass is 529 g/mol. The molecule has 39 heavy (non-hydrogen) atoms. The normalized spacial score (nSPS) is 16.6. The van der Waals surface area contributed by atoms with E-state index in [1.165, 1.54) is 0 Å². The molecular formula is C31H35N3O5. The van der Waals surface area contributed by atoms with Crippen molar-refractivity contribution in [3.8, 4) is 0 Å². The molecule has 1 heterocycles. The maximum Gasteiger partial charge on any atom is 0.408 e. The van der Waals surface area contributed by atoms with Crippen LogP contribution < -0.4 is 10.6 Å². The molecule has 1 saturated heterocycles. The van der Waals surface area contributed by atoms with Crippen molar-refractivity contribution in [2.24, 2.45) is 0 Å². The van der Waals surface area contributed by atoms with E-state index in [0.29, 0.717) is 25.8 Å². The fraction of sp³-hybridized carbons (Fsp3) is 0.323. The predicted octanol–water partition coefficient (Wildman–Crippen LogP) is 5.35. The van der Waals surface area contributed by atoms with E-state index in [9.17, 15) is 14.4 Å². The molecule has 2 N–H and O–H groups in total. The maximum atomic E-state index is 13.5. The van der Waals surface area contributed by atoms with E-state index in [-0.39, 0.29) is 31.2 Å². The van der Waals surface area contributed by atoms with Gasteiger partial charge in [-0.15, -0.1) is 0 Å². The number of alkyl carbamates (subject to hydrolysis) is 2. The summed E-state index contributed by atoms with van der Waals surface area (Å²) in [5, 5.41) is 5.51. The van der Waals surface area contributed by atoms with Crippen LogP contribution in [0.1, 0.15) is 48.9 Å². The highest BCUT2D eigenvalue weighted by atomic mass is 16.6. The smallest absolute Gasteiger partial charge is 0.408 e. The maximum absolute atomic E-state index is 13.5. The second kappa shape index (κ2) is 14.0. The largest absolute Gasteiger partial charge is 0.445 e. The molecular weight excluding hydrogens is 494 g/mol. The number of carbonyl (C=O) groups is 3. The van der Waals surface area contributed by atoms with Crippen molar-refractivity contribution in [1.29, 1.82) is 0 Å². The Labute approximate surface area is 229 Å². The summed E-state index contributed by atoms with van der Waals surface area (Å²) in [7, 11) is 0. The fourth-order valence-corrected chi connectivity index (χ4v) is 4.56. The van der Waals surface area contributed by atoms with Crippen LogP contribution in [0, 0.1) is 0 Å².